The minimum absolute atomic E-state index is 0.0757. The number of rotatable bonds is 6. The molecule has 2 heteroatoms. The van der Waals surface area contributed by atoms with Crippen molar-refractivity contribution in [3.05, 3.63) is 0 Å². The molecule has 0 bridgehead atoms. The molecule has 0 amide bonds. The van der Waals surface area contributed by atoms with Crippen LogP contribution in [-0.4, -0.2) is 18.0 Å². The van der Waals surface area contributed by atoms with Gasteiger partial charge in [-0.2, -0.15) is 0 Å². The number of halogens is 1. The maximum absolute atomic E-state index is 5.31. The molecule has 0 heterocycles. The summed E-state index contributed by atoms with van der Waals surface area (Å²) < 4.78 is 5.31. The van der Waals surface area contributed by atoms with Gasteiger partial charge in [-0.05, 0) is 26.7 Å². The molecule has 1 nitrogen and oxygen atoms in total. The topological polar surface area (TPSA) is 9.23 Å². The molecule has 0 unspecified atom stereocenters. The van der Waals surface area contributed by atoms with E-state index in [-0.39, 0.29) is 5.60 Å². The number of ether oxygens (including phenoxy) is 1. The minimum Gasteiger partial charge on any atom is -0.379 e. The van der Waals surface area contributed by atoms with Crippen molar-refractivity contribution in [3.8, 4) is 0 Å². The first-order valence-corrected chi connectivity index (χ1v) is 5.35. The van der Waals surface area contributed by atoms with Gasteiger partial charge in [0, 0.05) is 12.4 Å². The molecule has 0 saturated carbocycles. The third kappa shape index (κ3) is 6.82. The molecule has 0 aliphatic rings. The van der Waals surface area contributed by atoms with Crippen molar-refractivity contribution in [2.24, 2.45) is 0 Å². The van der Waals surface area contributed by atoms with Crippen molar-refractivity contribution in [1.82, 2.24) is 0 Å². The van der Waals surface area contributed by atoms with Gasteiger partial charge in [0.15, 0.2) is 0 Å². The van der Waals surface area contributed by atoms with Gasteiger partial charge in [-0.15, -0.1) is 0 Å². The van der Waals surface area contributed by atoms with E-state index in [9.17, 15) is 0 Å². The van der Waals surface area contributed by atoms with E-state index >= 15 is 0 Å². The summed E-state index contributed by atoms with van der Waals surface area (Å²) in [5, 5.41) is 1.13. The van der Waals surface area contributed by atoms with Crippen molar-refractivity contribution < 1.29 is 4.74 Å². The second kappa shape index (κ2) is 6.01. The molecule has 0 atom stereocenters. The second-order valence-electron chi connectivity index (χ2n) is 3.46. The van der Waals surface area contributed by atoms with E-state index in [1.807, 2.05) is 0 Å². The highest BCUT2D eigenvalue weighted by Gasteiger charge is 2.14. The molecule has 0 aromatic carbocycles. The Morgan fingerprint density at radius 1 is 1.18 bits per heavy atom. The van der Waals surface area contributed by atoms with Crippen LogP contribution in [0.25, 0.3) is 0 Å². The highest BCUT2D eigenvalue weighted by molar-refractivity contribution is 9.09. The van der Waals surface area contributed by atoms with Crippen LogP contribution in [0, 0.1) is 0 Å². The van der Waals surface area contributed by atoms with Gasteiger partial charge in [0.25, 0.3) is 0 Å². The van der Waals surface area contributed by atoms with Crippen LogP contribution in [0.1, 0.15) is 39.5 Å². The summed E-state index contributed by atoms with van der Waals surface area (Å²) in [6, 6.07) is 0. The van der Waals surface area contributed by atoms with Gasteiger partial charge in [-0.3, -0.25) is 0 Å². The fourth-order valence-electron chi connectivity index (χ4n) is 0.924. The number of unbranched alkanes of at least 4 members (excludes halogenated alkanes) is 2. The SMILES string of the molecule is COC(C)(C)CCCCCBr. The third-order valence-corrected chi connectivity index (χ3v) is 2.53. The predicted molar refractivity (Wildman–Crippen MR) is 53.4 cm³/mol. The Labute approximate surface area is 78.6 Å². The van der Waals surface area contributed by atoms with Crippen molar-refractivity contribution >= 4 is 15.9 Å². The summed E-state index contributed by atoms with van der Waals surface area (Å²) in [7, 11) is 1.78. The van der Waals surface area contributed by atoms with Gasteiger partial charge in [-0.1, -0.05) is 28.8 Å². The molecule has 68 valence electrons. The first kappa shape index (κ1) is 11.4. The van der Waals surface area contributed by atoms with Gasteiger partial charge < -0.3 is 4.74 Å². The van der Waals surface area contributed by atoms with Crippen LogP contribution in [0.15, 0.2) is 0 Å². The first-order chi connectivity index (χ1) is 5.12. The molecule has 11 heavy (non-hydrogen) atoms. The molecule has 0 aromatic heterocycles. The van der Waals surface area contributed by atoms with E-state index in [4.69, 9.17) is 4.74 Å². The molecular weight excluding hydrogens is 204 g/mol. The zero-order valence-corrected chi connectivity index (χ0v) is 9.41. The molecule has 0 aromatic rings. The largest absolute Gasteiger partial charge is 0.379 e. The lowest BCUT2D eigenvalue weighted by molar-refractivity contribution is 0.0135. The Kier molecular flexibility index (Phi) is 6.25. The van der Waals surface area contributed by atoms with E-state index in [1.54, 1.807) is 7.11 Å². The second-order valence-corrected chi connectivity index (χ2v) is 4.26. The summed E-state index contributed by atoms with van der Waals surface area (Å²) in [6.07, 6.45) is 5.01. The van der Waals surface area contributed by atoms with Crippen molar-refractivity contribution in [1.29, 1.82) is 0 Å². The molecule has 0 N–H and O–H groups in total. The van der Waals surface area contributed by atoms with E-state index in [2.05, 4.69) is 29.8 Å². The van der Waals surface area contributed by atoms with Gasteiger partial charge >= 0.3 is 0 Å². The summed E-state index contributed by atoms with van der Waals surface area (Å²) in [4.78, 5) is 0. The Bertz CT molecular complexity index is 91.6. The average molecular weight is 223 g/mol. The van der Waals surface area contributed by atoms with E-state index < -0.39 is 0 Å². The van der Waals surface area contributed by atoms with Crippen LogP contribution in [0.2, 0.25) is 0 Å². The van der Waals surface area contributed by atoms with Crippen molar-refractivity contribution in [3.63, 3.8) is 0 Å². The van der Waals surface area contributed by atoms with Crippen LogP contribution in [0.5, 0.6) is 0 Å². The molecule has 0 aliphatic carbocycles. The zero-order valence-electron chi connectivity index (χ0n) is 7.82. The van der Waals surface area contributed by atoms with Gasteiger partial charge in [0.2, 0.25) is 0 Å². The van der Waals surface area contributed by atoms with Crippen LogP contribution in [0.3, 0.4) is 0 Å². The van der Waals surface area contributed by atoms with Gasteiger partial charge in [0.1, 0.15) is 0 Å². The minimum atomic E-state index is 0.0757. The quantitative estimate of drug-likeness (QED) is 0.495. The third-order valence-electron chi connectivity index (χ3n) is 1.97. The monoisotopic (exact) mass is 222 g/mol. The van der Waals surface area contributed by atoms with Crippen LogP contribution >= 0.6 is 15.9 Å². The molecule has 0 rings (SSSR count). The van der Waals surface area contributed by atoms with Gasteiger partial charge in [0.05, 0.1) is 5.60 Å². The summed E-state index contributed by atoms with van der Waals surface area (Å²) in [5.41, 5.74) is 0.0757. The van der Waals surface area contributed by atoms with Crippen LogP contribution in [-0.2, 0) is 4.74 Å². The Morgan fingerprint density at radius 3 is 2.27 bits per heavy atom. The summed E-state index contributed by atoms with van der Waals surface area (Å²) >= 11 is 3.42. The lowest BCUT2D eigenvalue weighted by atomic mass is 10.0. The van der Waals surface area contributed by atoms with E-state index in [0.29, 0.717) is 0 Å². The van der Waals surface area contributed by atoms with Crippen LogP contribution in [0.4, 0.5) is 0 Å². The van der Waals surface area contributed by atoms with Gasteiger partial charge in [-0.25, -0.2) is 0 Å². The Morgan fingerprint density at radius 2 is 1.82 bits per heavy atom. The molecule has 0 fully saturated rings. The summed E-state index contributed by atoms with van der Waals surface area (Å²) in [6.45, 7) is 4.28. The maximum Gasteiger partial charge on any atom is 0.0622 e. The maximum atomic E-state index is 5.31. The molecule has 0 radical (unpaired) electrons. The normalized spacial score (nSPS) is 12.0. The highest BCUT2D eigenvalue weighted by Crippen LogP contribution is 2.17. The van der Waals surface area contributed by atoms with E-state index in [1.165, 1.54) is 19.3 Å². The first-order valence-electron chi connectivity index (χ1n) is 4.23. The number of alkyl halides is 1. The average Bonchev–Trinajstić information content (AvgIpc) is 1.99. The lowest BCUT2D eigenvalue weighted by Gasteiger charge is -2.22. The summed E-state index contributed by atoms with van der Waals surface area (Å²) in [5.74, 6) is 0. The standard InChI is InChI=1S/C9H19BrO/c1-9(2,11-3)7-5-4-6-8-10/h4-8H2,1-3H3. The fraction of sp³-hybridized carbons (Fsp3) is 1.00. The van der Waals surface area contributed by atoms with Crippen LogP contribution < -0.4 is 0 Å². The van der Waals surface area contributed by atoms with Crippen molar-refractivity contribution in [2.75, 3.05) is 12.4 Å². The lowest BCUT2D eigenvalue weighted by Crippen LogP contribution is -2.21. The molecule has 0 saturated heterocycles. The van der Waals surface area contributed by atoms with E-state index in [0.717, 1.165) is 11.8 Å². The molecule has 0 aliphatic heterocycles. The Hall–Kier alpha value is 0.440. The zero-order chi connectivity index (χ0) is 8.74. The van der Waals surface area contributed by atoms with Crippen molar-refractivity contribution in [2.45, 2.75) is 45.1 Å². The molecule has 0 spiro atoms. The Balaban J connectivity index is 3.23. The molecular formula is C9H19BrO. The smallest absolute Gasteiger partial charge is 0.0622 e. The highest BCUT2D eigenvalue weighted by atomic mass is 79.9. The number of hydrogen-bond donors (Lipinski definition) is 0. The number of methoxy groups -OCH3 is 1. The fourth-order valence-corrected chi connectivity index (χ4v) is 1.32. The predicted octanol–water partition coefficient (Wildman–Crippen LogP) is 3.37. The number of hydrogen-bond acceptors (Lipinski definition) is 1.